The van der Waals surface area contributed by atoms with Gasteiger partial charge in [-0.1, -0.05) is 84.4 Å². The van der Waals surface area contributed by atoms with E-state index in [9.17, 15) is 19.5 Å². The molecule has 0 radical (unpaired) electrons. The molecule has 2 heterocycles. The Hall–Kier alpha value is -4.34. The number of ether oxygens (including phenoxy) is 1. The van der Waals surface area contributed by atoms with Crippen LogP contribution in [0.15, 0.2) is 72.3 Å². The second-order valence-corrected chi connectivity index (χ2v) is 15.4. The molecule has 2 N–H and O–H groups in total. The third-order valence-electron chi connectivity index (χ3n) is 12.1. The number of halogens is 2. The number of carbonyl (C=O) groups is 4. The first-order valence-corrected chi connectivity index (χ1v) is 18.4. The third kappa shape index (κ3) is 5.02. The number of nitrogens with one attached hydrogen (secondary N) is 1. The van der Waals surface area contributed by atoms with Crippen LogP contribution in [0.2, 0.25) is 10.0 Å². The molecule has 4 amide bonds. The van der Waals surface area contributed by atoms with Crippen LogP contribution in [0.1, 0.15) is 67.6 Å². The number of imide groups is 2. The van der Waals surface area contributed by atoms with Crippen molar-refractivity contribution in [1.82, 2.24) is 9.91 Å². The molecule has 2 aliphatic heterocycles. The lowest BCUT2D eigenvalue weighted by molar-refractivity contribution is -0.144. The molecule has 6 atom stereocenters. The molecule has 3 aliphatic carbocycles. The van der Waals surface area contributed by atoms with Gasteiger partial charge in [0.25, 0.3) is 11.8 Å². The fourth-order valence-electron chi connectivity index (χ4n) is 9.83. The number of likely N-dealkylation sites (tertiary alicyclic amines) is 1. The van der Waals surface area contributed by atoms with Crippen LogP contribution in [-0.4, -0.2) is 51.8 Å². The number of nitrogens with zero attached hydrogens (tertiary/aromatic N) is 2. The summed E-state index contributed by atoms with van der Waals surface area (Å²) in [5, 5.41) is 13.4. The van der Waals surface area contributed by atoms with Gasteiger partial charge in [0.15, 0.2) is 0 Å². The van der Waals surface area contributed by atoms with Gasteiger partial charge < -0.3 is 9.84 Å². The summed E-state index contributed by atoms with van der Waals surface area (Å²) < 4.78 is 5.47. The summed E-state index contributed by atoms with van der Waals surface area (Å²) >= 11 is 12.7. The van der Waals surface area contributed by atoms with E-state index in [2.05, 4.69) is 5.43 Å². The molecule has 0 aromatic heterocycles. The minimum atomic E-state index is -1.54. The number of aryl methyl sites for hydroxylation is 1. The third-order valence-corrected chi connectivity index (χ3v) is 12.7. The van der Waals surface area contributed by atoms with Crippen LogP contribution in [0.25, 0.3) is 0 Å². The monoisotopic (exact) mass is 727 g/mol. The number of rotatable bonds is 6. The highest BCUT2D eigenvalue weighted by molar-refractivity contribution is 6.36. The summed E-state index contributed by atoms with van der Waals surface area (Å²) in [5.74, 6) is -4.25. The average Bonchev–Trinajstić information content (AvgIpc) is 3.51. The summed E-state index contributed by atoms with van der Waals surface area (Å²) in [7, 11) is 1.56. The molecular weight excluding hydrogens is 689 g/mol. The molecular formula is C40H39Cl2N3O6. The van der Waals surface area contributed by atoms with Gasteiger partial charge in [-0.05, 0) is 80.0 Å². The summed E-state index contributed by atoms with van der Waals surface area (Å²) in [6, 6.07) is 17.2. The van der Waals surface area contributed by atoms with Crippen LogP contribution in [-0.2, 0) is 24.6 Å². The van der Waals surface area contributed by atoms with Crippen molar-refractivity contribution < 1.29 is 29.0 Å². The second kappa shape index (κ2) is 12.7. The van der Waals surface area contributed by atoms with E-state index in [0.29, 0.717) is 39.6 Å². The molecule has 0 bridgehead atoms. The molecule has 3 aromatic carbocycles. The van der Waals surface area contributed by atoms with Crippen molar-refractivity contribution in [2.45, 2.75) is 69.2 Å². The smallest absolute Gasteiger partial charge is 0.260 e. The number of benzene rings is 3. The molecule has 2 saturated heterocycles. The predicted octanol–water partition coefficient (Wildman–Crippen LogP) is 7.33. The van der Waals surface area contributed by atoms with Gasteiger partial charge >= 0.3 is 0 Å². The van der Waals surface area contributed by atoms with Gasteiger partial charge in [0.2, 0.25) is 11.8 Å². The predicted molar refractivity (Wildman–Crippen MR) is 192 cm³/mol. The van der Waals surface area contributed by atoms with E-state index in [4.69, 9.17) is 27.9 Å². The fourth-order valence-corrected chi connectivity index (χ4v) is 10.3. The lowest BCUT2D eigenvalue weighted by Gasteiger charge is -2.50. The highest BCUT2D eigenvalue weighted by atomic mass is 35.5. The van der Waals surface area contributed by atoms with Crippen LogP contribution in [0.5, 0.6) is 11.5 Å². The number of hydrogen-bond acceptors (Lipinski definition) is 7. The summed E-state index contributed by atoms with van der Waals surface area (Å²) in [5.41, 5.74) is 4.25. The summed E-state index contributed by atoms with van der Waals surface area (Å²) in [4.78, 5) is 60.3. The molecule has 5 aliphatic rings. The first-order valence-electron chi connectivity index (χ1n) is 17.7. The second-order valence-electron chi connectivity index (χ2n) is 14.6. The highest BCUT2D eigenvalue weighted by Gasteiger charge is 2.70. The number of allylic oxidation sites excluding steroid dienone is 2. The normalized spacial score (nSPS) is 29.1. The van der Waals surface area contributed by atoms with Crippen molar-refractivity contribution in [3.63, 3.8) is 0 Å². The number of methoxy groups -OCH3 is 1. The molecule has 51 heavy (non-hydrogen) atoms. The van der Waals surface area contributed by atoms with Crippen molar-refractivity contribution in [3.05, 3.63) is 99.0 Å². The molecule has 0 spiro atoms. The Bertz CT molecular complexity index is 1990. The van der Waals surface area contributed by atoms with Gasteiger partial charge in [0.05, 0.1) is 41.0 Å². The van der Waals surface area contributed by atoms with Crippen LogP contribution in [0.4, 0.5) is 5.69 Å². The Morgan fingerprint density at radius 2 is 1.65 bits per heavy atom. The Morgan fingerprint density at radius 1 is 0.902 bits per heavy atom. The SMILES string of the molecule is COc1ccc([C@@]23C(=O)N(Nc4ccc(Cl)cc4Cl)C(=O)[C@@H]2C[C@@H]2C(=CC[C@@H]4C(=O)N(C5CCCCC5)C(=O)[C@@H]42)[C@@H]3c2cccc(C)c2O)cc1. The molecule has 3 aromatic rings. The van der Waals surface area contributed by atoms with Gasteiger partial charge in [0.1, 0.15) is 11.5 Å². The first kappa shape index (κ1) is 33.8. The minimum Gasteiger partial charge on any atom is -0.507 e. The van der Waals surface area contributed by atoms with Crippen molar-refractivity contribution in [3.8, 4) is 11.5 Å². The molecule has 8 rings (SSSR count). The number of anilines is 1. The van der Waals surface area contributed by atoms with E-state index in [1.165, 1.54) is 11.0 Å². The number of fused-ring (bicyclic) bond motifs is 4. The zero-order chi connectivity index (χ0) is 35.8. The Labute approximate surface area is 306 Å². The summed E-state index contributed by atoms with van der Waals surface area (Å²) in [6.45, 7) is 1.79. The van der Waals surface area contributed by atoms with Crippen molar-refractivity contribution >= 4 is 52.5 Å². The number of amides is 4. The zero-order valence-corrected chi connectivity index (χ0v) is 29.9. The molecule has 4 fully saturated rings. The number of carbonyl (C=O) groups excluding carboxylic acids is 4. The maximum atomic E-state index is 15.4. The van der Waals surface area contributed by atoms with Gasteiger partial charge in [-0.15, -0.1) is 0 Å². The Morgan fingerprint density at radius 3 is 2.35 bits per heavy atom. The number of hydrazine groups is 1. The van der Waals surface area contributed by atoms with E-state index in [-0.39, 0.29) is 35.0 Å². The quantitative estimate of drug-likeness (QED) is 0.202. The number of phenols is 1. The number of hydrogen-bond donors (Lipinski definition) is 2. The van der Waals surface area contributed by atoms with Gasteiger partial charge in [0, 0.05) is 22.5 Å². The largest absolute Gasteiger partial charge is 0.507 e. The molecule has 9 nitrogen and oxygen atoms in total. The van der Waals surface area contributed by atoms with Crippen molar-refractivity contribution in [1.29, 1.82) is 0 Å². The van der Waals surface area contributed by atoms with E-state index >= 15 is 4.79 Å². The lowest BCUT2D eigenvalue weighted by atomic mass is 9.49. The van der Waals surface area contributed by atoms with E-state index < -0.39 is 46.8 Å². The van der Waals surface area contributed by atoms with Gasteiger partial charge in [-0.25, -0.2) is 0 Å². The van der Waals surface area contributed by atoms with Crippen LogP contribution in [0, 0.1) is 30.6 Å². The zero-order valence-electron chi connectivity index (χ0n) is 28.4. The Balaban J connectivity index is 1.33. The summed E-state index contributed by atoms with van der Waals surface area (Å²) in [6.07, 6.45) is 7.14. The van der Waals surface area contributed by atoms with E-state index in [1.54, 1.807) is 62.6 Å². The molecule has 264 valence electrons. The average molecular weight is 729 g/mol. The first-order chi connectivity index (χ1) is 24.6. The fraction of sp³-hybridized carbons (Fsp3) is 0.400. The topological polar surface area (TPSA) is 116 Å². The molecule has 11 heteroatoms. The number of aromatic hydroxyl groups is 1. The van der Waals surface area contributed by atoms with E-state index in [1.807, 2.05) is 12.1 Å². The standard InChI is InChI=1S/C40H39Cl2N3O6/c1-21-7-6-10-28(35(21)46)34-26-16-17-27-33(38(49)44(36(27)47)24-8-4-3-5-9-24)29(26)20-30-37(48)45(43-32-18-13-23(41)19-31(32)42)39(50)40(30,34)22-11-14-25(51-2)15-12-22/h6-7,10-16,18-19,24,27,29-30,33-34,43,46H,3-5,8-9,17,20H2,1-2H3/t27-,29+,30-,33-,34+,40+/m0/s1. The maximum absolute atomic E-state index is 15.4. The number of phenolic OH excluding ortho intramolecular Hbond substituents is 1. The maximum Gasteiger partial charge on any atom is 0.260 e. The van der Waals surface area contributed by atoms with Crippen molar-refractivity contribution in [2.75, 3.05) is 12.5 Å². The molecule has 0 unspecified atom stereocenters. The van der Waals surface area contributed by atoms with Crippen LogP contribution in [0.3, 0.4) is 0 Å². The minimum absolute atomic E-state index is 0.0165. The van der Waals surface area contributed by atoms with Crippen molar-refractivity contribution in [2.24, 2.45) is 23.7 Å². The highest BCUT2D eigenvalue weighted by Crippen LogP contribution is 2.65. The van der Waals surface area contributed by atoms with Crippen LogP contribution >= 0.6 is 23.2 Å². The van der Waals surface area contributed by atoms with Crippen LogP contribution < -0.4 is 10.2 Å². The van der Waals surface area contributed by atoms with Gasteiger partial charge in [-0.3, -0.25) is 29.5 Å². The van der Waals surface area contributed by atoms with E-state index in [0.717, 1.165) is 42.7 Å². The molecule has 2 saturated carbocycles. The lowest BCUT2D eigenvalue weighted by Crippen LogP contribution is -2.53. The Kier molecular flexibility index (Phi) is 8.42. The van der Waals surface area contributed by atoms with Gasteiger partial charge in [-0.2, -0.15) is 5.01 Å². The number of para-hydroxylation sites is 1.